The summed E-state index contributed by atoms with van der Waals surface area (Å²) in [7, 11) is 0. The number of nitrogens with zero attached hydrogens (tertiary/aromatic N) is 3. The molecular weight excluding hydrogens is 308 g/mol. The first kappa shape index (κ1) is 14.4. The van der Waals surface area contributed by atoms with Gasteiger partial charge < -0.3 is 4.90 Å². The number of hydrogen-bond acceptors (Lipinski definition) is 4. The van der Waals surface area contributed by atoms with E-state index >= 15 is 0 Å². The van der Waals surface area contributed by atoms with Gasteiger partial charge in [0.25, 0.3) is 5.91 Å². The summed E-state index contributed by atoms with van der Waals surface area (Å²) in [4.78, 5) is 20.5. The molecule has 6 heteroatoms. The molecule has 1 aliphatic rings. The topological polar surface area (TPSA) is 61.9 Å². The summed E-state index contributed by atoms with van der Waals surface area (Å²) in [5.41, 5.74) is 1.43. The number of piperidine rings is 1. The highest BCUT2D eigenvalue weighted by atomic mass is 32.1. The predicted octanol–water partition coefficient (Wildman–Crippen LogP) is 3.35. The summed E-state index contributed by atoms with van der Waals surface area (Å²) in [5.74, 6) is 0.358. The molecule has 0 saturated carbocycles. The molecule has 1 saturated heterocycles. The van der Waals surface area contributed by atoms with Crippen LogP contribution in [0.25, 0.3) is 10.9 Å². The molecule has 3 aromatic rings. The van der Waals surface area contributed by atoms with Gasteiger partial charge in [-0.3, -0.25) is 9.89 Å². The number of carbonyl (C=O) groups excluding carboxylic acids is 1. The van der Waals surface area contributed by atoms with Crippen molar-refractivity contribution in [3.05, 3.63) is 46.0 Å². The van der Waals surface area contributed by atoms with Gasteiger partial charge in [-0.05, 0) is 25.8 Å². The number of carbonyl (C=O) groups is 1. The van der Waals surface area contributed by atoms with Crippen LogP contribution < -0.4 is 0 Å². The van der Waals surface area contributed by atoms with E-state index in [-0.39, 0.29) is 5.91 Å². The van der Waals surface area contributed by atoms with Crippen molar-refractivity contribution in [3.63, 3.8) is 0 Å². The number of aromatic amines is 1. The van der Waals surface area contributed by atoms with E-state index in [0.717, 1.165) is 41.8 Å². The highest BCUT2D eigenvalue weighted by Crippen LogP contribution is 2.30. The Morgan fingerprint density at radius 1 is 1.39 bits per heavy atom. The first-order chi connectivity index (χ1) is 11.2. The Bertz CT molecular complexity index is 853. The van der Waals surface area contributed by atoms with Crippen LogP contribution in [0.4, 0.5) is 0 Å². The Kier molecular flexibility index (Phi) is 3.61. The molecule has 1 fully saturated rings. The number of likely N-dealkylation sites (tertiary alicyclic amines) is 1. The van der Waals surface area contributed by atoms with E-state index in [0.29, 0.717) is 11.6 Å². The van der Waals surface area contributed by atoms with E-state index < -0.39 is 0 Å². The van der Waals surface area contributed by atoms with Gasteiger partial charge in [0.2, 0.25) is 0 Å². The van der Waals surface area contributed by atoms with Gasteiger partial charge in [-0.15, -0.1) is 11.3 Å². The van der Waals surface area contributed by atoms with Crippen LogP contribution in [0.3, 0.4) is 0 Å². The van der Waals surface area contributed by atoms with E-state index in [2.05, 4.69) is 22.1 Å². The minimum Gasteiger partial charge on any atom is -0.337 e. The summed E-state index contributed by atoms with van der Waals surface area (Å²) in [5, 5.41) is 9.23. The number of amides is 1. The largest absolute Gasteiger partial charge is 0.337 e. The molecule has 5 nitrogen and oxygen atoms in total. The first-order valence-corrected chi connectivity index (χ1v) is 8.69. The van der Waals surface area contributed by atoms with Gasteiger partial charge in [0.1, 0.15) is 0 Å². The molecule has 1 aromatic carbocycles. The van der Waals surface area contributed by atoms with E-state index in [1.165, 1.54) is 4.88 Å². The Balaban J connectivity index is 1.58. The van der Waals surface area contributed by atoms with Crippen LogP contribution in [-0.4, -0.2) is 39.1 Å². The molecule has 23 heavy (non-hydrogen) atoms. The number of hydrogen-bond donors (Lipinski definition) is 1. The fourth-order valence-electron chi connectivity index (χ4n) is 3.20. The maximum Gasteiger partial charge on any atom is 0.275 e. The van der Waals surface area contributed by atoms with Crippen molar-refractivity contribution in [2.24, 2.45) is 0 Å². The number of aromatic nitrogens is 3. The molecule has 1 N–H and O–H groups in total. The number of H-pyrrole nitrogens is 1. The molecular formula is C17H18N4OS. The summed E-state index contributed by atoms with van der Waals surface area (Å²) < 4.78 is 0. The number of nitrogens with one attached hydrogen (secondary N) is 1. The van der Waals surface area contributed by atoms with Crippen molar-refractivity contribution < 1.29 is 4.79 Å². The van der Waals surface area contributed by atoms with E-state index in [1.54, 1.807) is 11.3 Å². The van der Waals surface area contributed by atoms with Crippen molar-refractivity contribution in [3.8, 4) is 0 Å². The highest BCUT2D eigenvalue weighted by Gasteiger charge is 2.29. The number of para-hydroxylation sites is 1. The highest BCUT2D eigenvalue weighted by molar-refractivity contribution is 7.11. The zero-order chi connectivity index (χ0) is 15.8. The van der Waals surface area contributed by atoms with Crippen LogP contribution in [0.1, 0.15) is 39.1 Å². The number of benzene rings is 1. The van der Waals surface area contributed by atoms with Gasteiger partial charge in [0, 0.05) is 35.5 Å². The van der Waals surface area contributed by atoms with E-state index in [9.17, 15) is 4.79 Å². The summed E-state index contributed by atoms with van der Waals surface area (Å²) in [6.45, 7) is 3.59. The lowest BCUT2D eigenvalue weighted by Crippen LogP contribution is -2.39. The third-order valence-corrected chi connectivity index (χ3v) is 5.45. The summed E-state index contributed by atoms with van der Waals surface area (Å²) in [6, 6.07) is 7.76. The smallest absolute Gasteiger partial charge is 0.275 e. The molecule has 1 amide bonds. The van der Waals surface area contributed by atoms with Crippen LogP contribution >= 0.6 is 11.3 Å². The number of aryl methyl sites for hydroxylation is 1. The molecule has 0 bridgehead atoms. The van der Waals surface area contributed by atoms with Crippen LogP contribution in [0, 0.1) is 6.92 Å². The normalized spacial score (nSPS) is 18.5. The fourth-order valence-corrected chi connectivity index (χ4v) is 4.10. The van der Waals surface area contributed by atoms with E-state index in [1.807, 2.05) is 35.4 Å². The van der Waals surface area contributed by atoms with Crippen molar-refractivity contribution in [1.29, 1.82) is 0 Å². The third-order valence-electron chi connectivity index (χ3n) is 4.37. The van der Waals surface area contributed by atoms with Crippen LogP contribution in [-0.2, 0) is 0 Å². The molecule has 0 aliphatic carbocycles. The quantitative estimate of drug-likeness (QED) is 0.785. The minimum absolute atomic E-state index is 0.0143. The van der Waals surface area contributed by atoms with Crippen molar-refractivity contribution in [2.45, 2.75) is 25.7 Å². The zero-order valence-electron chi connectivity index (χ0n) is 13.0. The molecule has 1 atom stereocenters. The van der Waals surface area contributed by atoms with Crippen LogP contribution in [0.2, 0.25) is 0 Å². The maximum atomic E-state index is 12.9. The molecule has 0 unspecified atom stereocenters. The van der Waals surface area contributed by atoms with Crippen molar-refractivity contribution in [1.82, 2.24) is 20.1 Å². The first-order valence-electron chi connectivity index (χ1n) is 7.87. The SMILES string of the molecule is Cc1cnc([C@@H]2CCCN(C(=O)c3n[nH]c4ccccc34)C2)s1. The monoisotopic (exact) mass is 326 g/mol. The zero-order valence-corrected chi connectivity index (χ0v) is 13.8. The van der Waals surface area contributed by atoms with Crippen LogP contribution in [0.5, 0.6) is 0 Å². The second-order valence-electron chi connectivity index (χ2n) is 6.02. The fraction of sp³-hybridized carbons (Fsp3) is 0.353. The summed E-state index contributed by atoms with van der Waals surface area (Å²) in [6.07, 6.45) is 4.03. The molecule has 0 radical (unpaired) electrons. The maximum absolute atomic E-state index is 12.9. The third kappa shape index (κ3) is 2.63. The minimum atomic E-state index is 0.0143. The lowest BCUT2D eigenvalue weighted by molar-refractivity contribution is 0.0703. The molecule has 3 heterocycles. The average Bonchev–Trinajstić information content (AvgIpc) is 3.20. The molecule has 1 aliphatic heterocycles. The number of thiazole rings is 1. The molecule has 118 valence electrons. The lowest BCUT2D eigenvalue weighted by Gasteiger charge is -2.31. The second-order valence-corrected chi connectivity index (χ2v) is 7.28. The Labute approximate surface area is 138 Å². The van der Waals surface area contributed by atoms with Gasteiger partial charge in [-0.25, -0.2) is 4.98 Å². The van der Waals surface area contributed by atoms with Crippen molar-refractivity contribution in [2.75, 3.05) is 13.1 Å². The Hall–Kier alpha value is -2.21. The lowest BCUT2D eigenvalue weighted by atomic mass is 9.98. The summed E-state index contributed by atoms with van der Waals surface area (Å²) >= 11 is 1.74. The van der Waals surface area contributed by atoms with Gasteiger partial charge in [-0.2, -0.15) is 5.10 Å². The second kappa shape index (κ2) is 5.77. The number of fused-ring (bicyclic) bond motifs is 1. The van der Waals surface area contributed by atoms with Gasteiger partial charge in [0.15, 0.2) is 5.69 Å². The predicted molar refractivity (Wildman–Crippen MR) is 90.8 cm³/mol. The van der Waals surface area contributed by atoms with Crippen LogP contribution in [0.15, 0.2) is 30.5 Å². The van der Waals surface area contributed by atoms with Gasteiger partial charge >= 0.3 is 0 Å². The number of rotatable bonds is 2. The Morgan fingerprint density at radius 2 is 2.26 bits per heavy atom. The van der Waals surface area contributed by atoms with Gasteiger partial charge in [-0.1, -0.05) is 18.2 Å². The van der Waals surface area contributed by atoms with Gasteiger partial charge in [0.05, 0.1) is 10.5 Å². The molecule has 4 rings (SSSR count). The average molecular weight is 326 g/mol. The molecule has 2 aromatic heterocycles. The standard InChI is InChI=1S/C17H18N4OS/c1-11-9-18-16(23-11)12-5-4-8-21(10-12)17(22)15-13-6-2-3-7-14(13)19-20-15/h2-3,6-7,9,12H,4-5,8,10H2,1H3,(H,19,20)/t12-/m1/s1. The van der Waals surface area contributed by atoms with E-state index in [4.69, 9.17) is 0 Å². The Morgan fingerprint density at radius 3 is 3.09 bits per heavy atom. The molecule has 0 spiro atoms. The van der Waals surface area contributed by atoms with Crippen molar-refractivity contribution >= 4 is 28.1 Å².